The van der Waals surface area contributed by atoms with E-state index in [1.165, 1.54) is 0 Å². The SMILES string of the molecule is C#CCc1cccc(C#C)c1. The summed E-state index contributed by atoms with van der Waals surface area (Å²) >= 11 is 0. The first kappa shape index (κ1) is 7.45. The normalized spacial score (nSPS) is 8.18. The molecule has 0 heteroatoms. The predicted molar refractivity (Wildman–Crippen MR) is 46.9 cm³/mol. The molecule has 0 unspecified atom stereocenters. The highest BCUT2D eigenvalue weighted by Crippen LogP contribution is 2.03. The third-order valence-electron chi connectivity index (χ3n) is 1.40. The van der Waals surface area contributed by atoms with Crippen LogP contribution in [0.15, 0.2) is 24.3 Å². The number of hydrogen-bond donors (Lipinski definition) is 0. The summed E-state index contributed by atoms with van der Waals surface area (Å²) in [5.74, 6) is 5.12. The minimum atomic E-state index is 0.648. The van der Waals surface area contributed by atoms with E-state index in [0.717, 1.165) is 11.1 Å². The van der Waals surface area contributed by atoms with Gasteiger partial charge < -0.3 is 0 Å². The van der Waals surface area contributed by atoms with Crippen LogP contribution in [-0.2, 0) is 6.42 Å². The molecule has 52 valence electrons. The van der Waals surface area contributed by atoms with Crippen molar-refractivity contribution in [1.29, 1.82) is 0 Å². The topological polar surface area (TPSA) is 0 Å². The Morgan fingerprint density at radius 3 is 2.73 bits per heavy atom. The van der Waals surface area contributed by atoms with Gasteiger partial charge in [0.15, 0.2) is 0 Å². The van der Waals surface area contributed by atoms with Crippen LogP contribution in [-0.4, -0.2) is 0 Å². The highest BCUT2D eigenvalue weighted by Gasteiger charge is 1.89. The molecule has 0 fully saturated rings. The molecule has 0 N–H and O–H groups in total. The Morgan fingerprint density at radius 2 is 2.09 bits per heavy atom. The van der Waals surface area contributed by atoms with E-state index in [2.05, 4.69) is 11.8 Å². The van der Waals surface area contributed by atoms with Gasteiger partial charge in [0.2, 0.25) is 0 Å². The van der Waals surface area contributed by atoms with Crippen molar-refractivity contribution >= 4 is 0 Å². The highest BCUT2D eigenvalue weighted by atomic mass is 13.9. The summed E-state index contributed by atoms with van der Waals surface area (Å²) in [7, 11) is 0. The fourth-order valence-electron chi connectivity index (χ4n) is 0.889. The van der Waals surface area contributed by atoms with Crippen molar-refractivity contribution in [2.45, 2.75) is 6.42 Å². The van der Waals surface area contributed by atoms with E-state index in [4.69, 9.17) is 12.8 Å². The van der Waals surface area contributed by atoms with Crippen molar-refractivity contribution in [2.75, 3.05) is 0 Å². The van der Waals surface area contributed by atoms with Gasteiger partial charge in [0.25, 0.3) is 0 Å². The van der Waals surface area contributed by atoms with E-state index in [1.54, 1.807) is 0 Å². The van der Waals surface area contributed by atoms with E-state index in [-0.39, 0.29) is 0 Å². The average Bonchev–Trinajstić information content (AvgIpc) is 2.06. The lowest BCUT2D eigenvalue weighted by Crippen LogP contribution is -1.81. The van der Waals surface area contributed by atoms with Gasteiger partial charge in [-0.2, -0.15) is 0 Å². The Bertz CT molecular complexity index is 321. The molecule has 0 saturated carbocycles. The molecule has 0 aliphatic carbocycles. The first-order valence-electron chi connectivity index (χ1n) is 3.36. The van der Waals surface area contributed by atoms with Crippen LogP contribution in [0.2, 0.25) is 0 Å². The third kappa shape index (κ3) is 1.88. The van der Waals surface area contributed by atoms with E-state index >= 15 is 0 Å². The molecule has 0 aliphatic heterocycles. The van der Waals surface area contributed by atoms with Gasteiger partial charge in [-0.05, 0) is 17.7 Å². The third-order valence-corrected chi connectivity index (χ3v) is 1.40. The second kappa shape index (κ2) is 3.49. The quantitative estimate of drug-likeness (QED) is 0.522. The molecule has 0 aromatic heterocycles. The van der Waals surface area contributed by atoms with Crippen LogP contribution in [0.5, 0.6) is 0 Å². The smallest absolute Gasteiger partial charge is 0.0338 e. The second-order valence-corrected chi connectivity index (χ2v) is 2.23. The van der Waals surface area contributed by atoms with Crippen LogP contribution in [0.25, 0.3) is 0 Å². The number of terminal acetylenes is 2. The van der Waals surface area contributed by atoms with Gasteiger partial charge in [0, 0.05) is 12.0 Å². The minimum absolute atomic E-state index is 0.648. The minimum Gasteiger partial charge on any atom is -0.120 e. The van der Waals surface area contributed by atoms with Crippen molar-refractivity contribution in [1.82, 2.24) is 0 Å². The summed E-state index contributed by atoms with van der Waals surface area (Å²) in [6.07, 6.45) is 11.0. The van der Waals surface area contributed by atoms with E-state index < -0.39 is 0 Å². The lowest BCUT2D eigenvalue weighted by Gasteiger charge is -1.94. The largest absolute Gasteiger partial charge is 0.120 e. The van der Waals surface area contributed by atoms with Crippen molar-refractivity contribution in [3.8, 4) is 24.7 Å². The lowest BCUT2D eigenvalue weighted by molar-refractivity contribution is 1.31. The summed E-state index contributed by atoms with van der Waals surface area (Å²) in [5, 5.41) is 0. The van der Waals surface area contributed by atoms with Gasteiger partial charge in [0.1, 0.15) is 0 Å². The first-order valence-corrected chi connectivity index (χ1v) is 3.36. The fourth-order valence-corrected chi connectivity index (χ4v) is 0.889. The molecular formula is C11H8. The monoisotopic (exact) mass is 140 g/mol. The van der Waals surface area contributed by atoms with Crippen LogP contribution < -0.4 is 0 Å². The van der Waals surface area contributed by atoms with Crippen molar-refractivity contribution in [2.24, 2.45) is 0 Å². The standard InChI is InChI=1S/C11H8/c1-3-6-11-8-5-7-10(4-2)9-11/h1-2,5,7-9H,6H2. The zero-order valence-corrected chi connectivity index (χ0v) is 6.17. The van der Waals surface area contributed by atoms with E-state index in [9.17, 15) is 0 Å². The Hall–Kier alpha value is -1.66. The van der Waals surface area contributed by atoms with Crippen molar-refractivity contribution in [3.63, 3.8) is 0 Å². The number of hydrogen-bond acceptors (Lipinski definition) is 0. The van der Waals surface area contributed by atoms with E-state index in [1.807, 2.05) is 24.3 Å². The molecule has 0 spiro atoms. The molecule has 0 bridgehead atoms. The zero-order chi connectivity index (χ0) is 8.10. The summed E-state index contributed by atoms with van der Waals surface area (Å²) in [5.41, 5.74) is 1.99. The van der Waals surface area contributed by atoms with Gasteiger partial charge in [-0.3, -0.25) is 0 Å². The van der Waals surface area contributed by atoms with Gasteiger partial charge in [-0.1, -0.05) is 18.1 Å². The van der Waals surface area contributed by atoms with E-state index in [0.29, 0.717) is 6.42 Å². The van der Waals surface area contributed by atoms with Crippen LogP contribution in [0.4, 0.5) is 0 Å². The Kier molecular flexibility index (Phi) is 2.37. The van der Waals surface area contributed by atoms with Crippen LogP contribution in [0.1, 0.15) is 11.1 Å². The predicted octanol–water partition coefficient (Wildman–Crippen LogP) is 1.84. The Labute approximate surface area is 67.3 Å². The molecule has 0 atom stereocenters. The first-order chi connectivity index (χ1) is 5.36. The Balaban J connectivity index is 2.96. The molecule has 1 aromatic rings. The second-order valence-electron chi connectivity index (χ2n) is 2.23. The summed E-state index contributed by atoms with van der Waals surface area (Å²) < 4.78 is 0. The maximum atomic E-state index is 5.21. The molecular weight excluding hydrogens is 132 g/mol. The summed E-state index contributed by atoms with van der Waals surface area (Å²) in [6, 6.07) is 7.71. The highest BCUT2D eigenvalue weighted by molar-refractivity contribution is 5.36. The molecule has 1 rings (SSSR count). The van der Waals surface area contributed by atoms with Gasteiger partial charge >= 0.3 is 0 Å². The van der Waals surface area contributed by atoms with Crippen molar-refractivity contribution in [3.05, 3.63) is 35.4 Å². The summed E-state index contributed by atoms with van der Waals surface area (Å²) in [6.45, 7) is 0. The van der Waals surface area contributed by atoms with Crippen LogP contribution in [0, 0.1) is 24.7 Å². The zero-order valence-electron chi connectivity index (χ0n) is 6.17. The van der Waals surface area contributed by atoms with Crippen LogP contribution >= 0.6 is 0 Å². The van der Waals surface area contributed by atoms with Gasteiger partial charge in [-0.25, -0.2) is 0 Å². The molecule has 0 radical (unpaired) electrons. The molecule has 0 nitrogen and oxygen atoms in total. The molecule has 0 saturated heterocycles. The van der Waals surface area contributed by atoms with Gasteiger partial charge in [-0.15, -0.1) is 18.8 Å². The fraction of sp³-hybridized carbons (Fsp3) is 0.0909. The lowest BCUT2D eigenvalue weighted by atomic mass is 10.1. The Morgan fingerprint density at radius 1 is 1.27 bits per heavy atom. The molecule has 1 aromatic carbocycles. The molecule has 0 heterocycles. The summed E-state index contributed by atoms with van der Waals surface area (Å²) in [4.78, 5) is 0. The number of rotatable bonds is 1. The molecule has 11 heavy (non-hydrogen) atoms. The molecule has 0 aliphatic rings. The van der Waals surface area contributed by atoms with Crippen LogP contribution in [0.3, 0.4) is 0 Å². The maximum absolute atomic E-state index is 5.21. The average molecular weight is 140 g/mol. The molecule has 0 amide bonds. The van der Waals surface area contributed by atoms with Crippen molar-refractivity contribution < 1.29 is 0 Å². The maximum Gasteiger partial charge on any atom is 0.0338 e. The van der Waals surface area contributed by atoms with Gasteiger partial charge in [0.05, 0.1) is 0 Å². The number of benzene rings is 1.